The van der Waals surface area contributed by atoms with Gasteiger partial charge in [-0.3, -0.25) is 20.2 Å². The number of halogens is 3. The Morgan fingerprint density at radius 2 is 1.85 bits per heavy atom. The Hall–Kier alpha value is -1.94. The zero-order valence-corrected chi connectivity index (χ0v) is 10.1. The van der Waals surface area contributed by atoms with Gasteiger partial charge >= 0.3 is 12.1 Å². The monoisotopic (exact) mass is 296 g/mol. The third-order valence-corrected chi connectivity index (χ3v) is 2.13. The van der Waals surface area contributed by atoms with Crippen LogP contribution in [0.4, 0.5) is 13.2 Å². The van der Waals surface area contributed by atoms with Crippen molar-refractivity contribution >= 4 is 17.8 Å². The maximum atomic E-state index is 11.8. The summed E-state index contributed by atoms with van der Waals surface area (Å²) < 4.78 is 44.2. The normalized spacial score (nSPS) is 16.7. The van der Waals surface area contributed by atoms with Gasteiger partial charge in [-0.15, -0.1) is 0 Å². The highest BCUT2D eigenvalue weighted by Gasteiger charge is 2.41. The minimum atomic E-state index is -5.13. The first-order valence-electron chi connectivity index (χ1n) is 5.36. The Morgan fingerprint density at radius 1 is 1.30 bits per heavy atom. The number of nitrogens with zero attached hydrogens (tertiary/aromatic N) is 1. The second-order valence-corrected chi connectivity index (χ2v) is 3.68. The average Bonchev–Trinajstić information content (AvgIpc) is 2.64. The number of nitrogens with two attached hydrogens (primary N) is 1. The quantitative estimate of drug-likeness (QED) is 0.302. The summed E-state index contributed by atoms with van der Waals surface area (Å²) in [7, 11) is 0. The molecule has 7 nitrogen and oxygen atoms in total. The number of carbonyl (C=O) groups excluding carboxylic acids is 3. The number of esters is 1. The molecule has 1 aliphatic rings. The van der Waals surface area contributed by atoms with Crippen LogP contribution in [0.25, 0.3) is 0 Å². The first-order chi connectivity index (χ1) is 9.21. The van der Waals surface area contributed by atoms with Crippen molar-refractivity contribution < 1.29 is 37.0 Å². The Morgan fingerprint density at radius 3 is 2.35 bits per heavy atom. The molecule has 2 amide bonds. The highest BCUT2D eigenvalue weighted by atomic mass is 19.4. The van der Waals surface area contributed by atoms with Crippen LogP contribution in [0.2, 0.25) is 0 Å². The van der Waals surface area contributed by atoms with Crippen LogP contribution in [-0.4, -0.2) is 54.8 Å². The predicted molar refractivity (Wildman–Crippen MR) is 56.8 cm³/mol. The molecule has 0 spiro atoms. The number of hydrogen-bond donors (Lipinski definition) is 1. The molecule has 10 heteroatoms. The summed E-state index contributed by atoms with van der Waals surface area (Å²) in [4.78, 5) is 33.5. The van der Waals surface area contributed by atoms with Gasteiger partial charge in [-0.05, 0) is 0 Å². The highest BCUT2D eigenvalue weighted by Crippen LogP contribution is 2.16. The lowest BCUT2D eigenvalue weighted by Gasteiger charge is -2.16. The van der Waals surface area contributed by atoms with Gasteiger partial charge in [-0.25, -0.2) is 4.79 Å². The van der Waals surface area contributed by atoms with Crippen LogP contribution in [0, 0.1) is 0 Å². The number of ether oxygens (including phenoxy) is 2. The van der Waals surface area contributed by atoms with E-state index in [0.717, 1.165) is 17.1 Å². The van der Waals surface area contributed by atoms with E-state index < -0.39 is 36.8 Å². The number of hydrogen-bond acceptors (Lipinski definition) is 6. The lowest BCUT2D eigenvalue weighted by Crippen LogP contribution is -2.38. The molecule has 112 valence electrons. The maximum absolute atomic E-state index is 11.8. The fourth-order valence-electron chi connectivity index (χ4n) is 1.25. The van der Waals surface area contributed by atoms with E-state index in [9.17, 15) is 27.6 Å². The van der Waals surface area contributed by atoms with Crippen LogP contribution >= 0.6 is 0 Å². The van der Waals surface area contributed by atoms with Gasteiger partial charge in [-0.2, -0.15) is 13.2 Å². The van der Waals surface area contributed by atoms with Gasteiger partial charge in [0.1, 0.15) is 0 Å². The molecule has 1 aliphatic heterocycles. The summed E-state index contributed by atoms with van der Waals surface area (Å²) in [5, 5.41) is 0. The van der Waals surface area contributed by atoms with Crippen molar-refractivity contribution in [2.45, 2.75) is 12.4 Å². The number of carbonyl (C=O) groups is 3. The van der Waals surface area contributed by atoms with E-state index >= 15 is 0 Å². The van der Waals surface area contributed by atoms with Crippen LogP contribution in [-0.2, 0) is 23.9 Å². The predicted octanol–water partition coefficient (Wildman–Crippen LogP) is -0.682. The molecule has 20 heavy (non-hydrogen) atoms. The summed E-state index contributed by atoms with van der Waals surface area (Å²) >= 11 is 0. The van der Waals surface area contributed by atoms with E-state index in [4.69, 9.17) is 10.5 Å². The molecule has 1 heterocycles. The van der Waals surface area contributed by atoms with Crippen molar-refractivity contribution in [3.63, 3.8) is 0 Å². The summed E-state index contributed by atoms with van der Waals surface area (Å²) in [6.45, 7) is -0.716. The molecule has 1 rings (SSSR count). The molecule has 0 bridgehead atoms. The molecule has 0 aromatic heterocycles. The Kier molecular flexibility index (Phi) is 5.22. The van der Waals surface area contributed by atoms with Gasteiger partial charge in [0.2, 0.25) is 0 Å². The van der Waals surface area contributed by atoms with E-state index in [1.807, 2.05) is 0 Å². The van der Waals surface area contributed by atoms with Crippen molar-refractivity contribution in [3.8, 4) is 0 Å². The molecule has 1 unspecified atom stereocenters. The second-order valence-electron chi connectivity index (χ2n) is 3.68. The van der Waals surface area contributed by atoms with Gasteiger partial charge < -0.3 is 9.47 Å². The molecule has 0 fully saturated rings. The van der Waals surface area contributed by atoms with Crippen LogP contribution < -0.4 is 5.73 Å². The third-order valence-electron chi connectivity index (χ3n) is 2.13. The van der Waals surface area contributed by atoms with Crippen LogP contribution in [0.1, 0.15) is 0 Å². The lowest BCUT2D eigenvalue weighted by molar-refractivity contribution is -0.206. The number of amides is 2. The molecule has 1 atom stereocenters. The molecule has 0 saturated carbocycles. The average molecular weight is 296 g/mol. The smallest absolute Gasteiger partial charge is 0.438 e. The minimum Gasteiger partial charge on any atom is -0.438 e. The molecular formula is C10H11F3N2O5. The van der Waals surface area contributed by atoms with Gasteiger partial charge in [0.15, 0.2) is 6.23 Å². The number of imide groups is 1. The Labute approximate surface area is 111 Å². The fraction of sp³-hybridized carbons (Fsp3) is 0.500. The first kappa shape index (κ1) is 16.1. The highest BCUT2D eigenvalue weighted by molar-refractivity contribution is 6.12. The third kappa shape index (κ3) is 4.63. The summed E-state index contributed by atoms with van der Waals surface area (Å²) in [6, 6.07) is 0. The minimum absolute atomic E-state index is 0.0788. The van der Waals surface area contributed by atoms with Crippen LogP contribution in [0.3, 0.4) is 0 Å². The largest absolute Gasteiger partial charge is 0.490 e. The fourth-order valence-corrected chi connectivity index (χ4v) is 1.25. The number of rotatable bonds is 6. The van der Waals surface area contributed by atoms with E-state index in [2.05, 4.69) is 4.74 Å². The Balaban J connectivity index is 2.20. The molecule has 0 aromatic carbocycles. The van der Waals surface area contributed by atoms with E-state index in [1.54, 1.807) is 0 Å². The lowest BCUT2D eigenvalue weighted by atomic mass is 10.5. The SMILES string of the molecule is NC(COCCN1C(=O)C=CC1=O)OC(=O)C(F)(F)F. The van der Waals surface area contributed by atoms with E-state index in [-0.39, 0.29) is 13.2 Å². The molecule has 0 radical (unpaired) electrons. The molecule has 0 aromatic rings. The second kappa shape index (κ2) is 6.48. The number of alkyl halides is 3. The van der Waals surface area contributed by atoms with E-state index in [1.165, 1.54) is 0 Å². The van der Waals surface area contributed by atoms with Gasteiger partial charge in [-0.1, -0.05) is 0 Å². The van der Waals surface area contributed by atoms with Crippen molar-refractivity contribution in [1.29, 1.82) is 0 Å². The summed E-state index contributed by atoms with van der Waals surface area (Å²) in [5.41, 5.74) is 5.09. The zero-order chi connectivity index (χ0) is 15.3. The van der Waals surface area contributed by atoms with Crippen molar-refractivity contribution in [2.24, 2.45) is 5.73 Å². The Bertz CT molecular complexity index is 417. The van der Waals surface area contributed by atoms with Crippen molar-refractivity contribution in [2.75, 3.05) is 19.8 Å². The van der Waals surface area contributed by atoms with Gasteiger partial charge in [0.05, 0.1) is 19.8 Å². The van der Waals surface area contributed by atoms with Crippen molar-refractivity contribution in [3.05, 3.63) is 12.2 Å². The van der Waals surface area contributed by atoms with Gasteiger partial charge in [0.25, 0.3) is 11.8 Å². The molecule has 2 N–H and O–H groups in total. The van der Waals surface area contributed by atoms with Crippen LogP contribution in [0.15, 0.2) is 12.2 Å². The standard InChI is InChI=1S/C10H11F3N2O5/c11-10(12,13)9(18)20-6(14)5-19-4-3-15-7(16)1-2-8(15)17/h1-2,6H,3-5,14H2. The maximum Gasteiger partial charge on any atom is 0.490 e. The summed E-state index contributed by atoms with van der Waals surface area (Å²) in [5.74, 6) is -3.43. The van der Waals surface area contributed by atoms with Crippen LogP contribution in [0.5, 0.6) is 0 Å². The summed E-state index contributed by atoms with van der Waals surface area (Å²) in [6.07, 6.45) is -4.55. The topological polar surface area (TPSA) is 98.9 Å². The molecule has 0 saturated heterocycles. The zero-order valence-electron chi connectivity index (χ0n) is 10.1. The van der Waals surface area contributed by atoms with Crippen molar-refractivity contribution in [1.82, 2.24) is 4.90 Å². The first-order valence-corrected chi connectivity index (χ1v) is 5.36. The van der Waals surface area contributed by atoms with E-state index in [0.29, 0.717) is 0 Å². The molecule has 0 aliphatic carbocycles. The van der Waals surface area contributed by atoms with Gasteiger partial charge in [0, 0.05) is 12.2 Å². The molecular weight excluding hydrogens is 285 g/mol.